The van der Waals surface area contributed by atoms with Crippen LogP contribution in [-0.4, -0.2) is 10.9 Å². The number of nitrogens with zero attached hydrogens (tertiary/aromatic N) is 1. The van der Waals surface area contributed by atoms with E-state index in [1.807, 2.05) is 36.6 Å². The Morgan fingerprint density at radius 1 is 1.43 bits per heavy atom. The third-order valence-electron chi connectivity index (χ3n) is 3.04. The van der Waals surface area contributed by atoms with Crippen LogP contribution in [0.25, 0.3) is 6.08 Å². The number of carbonyl (C=O) groups excluding carboxylic acids is 1. The SMILES string of the molecule is CCC(NC(=O)/C=C/c1csc(C)n1)c1ccc(Br)cc1. The molecule has 1 heterocycles. The largest absolute Gasteiger partial charge is 0.346 e. The van der Waals surface area contributed by atoms with Crippen LogP contribution < -0.4 is 5.32 Å². The first-order valence-electron chi connectivity index (χ1n) is 6.74. The van der Waals surface area contributed by atoms with Gasteiger partial charge < -0.3 is 5.32 Å². The van der Waals surface area contributed by atoms with E-state index in [-0.39, 0.29) is 11.9 Å². The van der Waals surface area contributed by atoms with Gasteiger partial charge in [-0.2, -0.15) is 0 Å². The second-order valence-corrected chi connectivity index (χ2v) is 6.62. The minimum absolute atomic E-state index is 0.0208. The van der Waals surface area contributed by atoms with E-state index in [2.05, 4.69) is 33.2 Å². The van der Waals surface area contributed by atoms with Crippen LogP contribution in [0.15, 0.2) is 40.2 Å². The van der Waals surface area contributed by atoms with Gasteiger partial charge in [0.1, 0.15) is 0 Å². The fourth-order valence-electron chi connectivity index (χ4n) is 1.95. The predicted molar refractivity (Wildman–Crippen MR) is 91.2 cm³/mol. The van der Waals surface area contributed by atoms with Crippen molar-refractivity contribution in [3.8, 4) is 0 Å². The molecule has 110 valence electrons. The van der Waals surface area contributed by atoms with E-state index in [0.29, 0.717) is 0 Å². The van der Waals surface area contributed by atoms with Gasteiger partial charge in [-0.3, -0.25) is 4.79 Å². The Hall–Kier alpha value is -1.46. The van der Waals surface area contributed by atoms with Crippen LogP contribution in [0.2, 0.25) is 0 Å². The fourth-order valence-corrected chi connectivity index (χ4v) is 2.80. The molecule has 0 fully saturated rings. The normalized spacial score (nSPS) is 12.5. The predicted octanol–water partition coefficient (Wildman–Crippen LogP) is 4.49. The van der Waals surface area contributed by atoms with Crippen LogP contribution in [0.4, 0.5) is 0 Å². The molecular formula is C16H17BrN2OS. The number of amides is 1. The highest BCUT2D eigenvalue weighted by atomic mass is 79.9. The summed E-state index contributed by atoms with van der Waals surface area (Å²) < 4.78 is 1.03. The maximum Gasteiger partial charge on any atom is 0.244 e. The molecule has 1 unspecified atom stereocenters. The number of aromatic nitrogens is 1. The van der Waals surface area contributed by atoms with Gasteiger partial charge in [0.2, 0.25) is 5.91 Å². The van der Waals surface area contributed by atoms with Crippen molar-refractivity contribution in [1.29, 1.82) is 0 Å². The Bertz CT molecular complexity index is 634. The number of carbonyl (C=O) groups is 1. The maximum absolute atomic E-state index is 12.0. The zero-order valence-electron chi connectivity index (χ0n) is 12.0. The van der Waals surface area contributed by atoms with Gasteiger partial charge in [0, 0.05) is 15.9 Å². The third kappa shape index (κ3) is 4.79. The summed E-state index contributed by atoms with van der Waals surface area (Å²) in [7, 11) is 0. The topological polar surface area (TPSA) is 42.0 Å². The Morgan fingerprint density at radius 2 is 2.14 bits per heavy atom. The van der Waals surface area contributed by atoms with Gasteiger partial charge in [0.25, 0.3) is 0 Å². The minimum Gasteiger partial charge on any atom is -0.346 e. The smallest absolute Gasteiger partial charge is 0.244 e. The van der Waals surface area contributed by atoms with Crippen LogP contribution >= 0.6 is 27.3 Å². The molecule has 1 atom stereocenters. The van der Waals surface area contributed by atoms with Crippen molar-refractivity contribution in [3.63, 3.8) is 0 Å². The number of benzene rings is 1. The molecule has 2 aromatic rings. The molecular weight excluding hydrogens is 348 g/mol. The van der Waals surface area contributed by atoms with E-state index in [4.69, 9.17) is 0 Å². The van der Waals surface area contributed by atoms with Crippen LogP contribution in [0.5, 0.6) is 0 Å². The summed E-state index contributed by atoms with van der Waals surface area (Å²) in [5.74, 6) is -0.101. The van der Waals surface area contributed by atoms with Crippen molar-refractivity contribution in [2.24, 2.45) is 0 Å². The van der Waals surface area contributed by atoms with E-state index < -0.39 is 0 Å². The molecule has 0 bridgehead atoms. The molecule has 0 aliphatic rings. The van der Waals surface area contributed by atoms with Crippen LogP contribution in [-0.2, 0) is 4.79 Å². The zero-order chi connectivity index (χ0) is 15.2. The first-order chi connectivity index (χ1) is 10.1. The van der Waals surface area contributed by atoms with Gasteiger partial charge in [-0.25, -0.2) is 4.98 Å². The number of thiazole rings is 1. The summed E-state index contributed by atoms with van der Waals surface area (Å²) in [5.41, 5.74) is 1.93. The average Bonchev–Trinajstić information content (AvgIpc) is 2.89. The second kappa shape index (κ2) is 7.52. The average molecular weight is 365 g/mol. The summed E-state index contributed by atoms with van der Waals surface area (Å²) in [5, 5.41) is 5.95. The highest BCUT2D eigenvalue weighted by molar-refractivity contribution is 9.10. The molecule has 2 rings (SSSR count). The lowest BCUT2D eigenvalue weighted by molar-refractivity contribution is -0.117. The van der Waals surface area contributed by atoms with Crippen molar-refractivity contribution in [3.05, 3.63) is 56.5 Å². The van der Waals surface area contributed by atoms with E-state index in [9.17, 15) is 4.79 Å². The highest BCUT2D eigenvalue weighted by Gasteiger charge is 2.10. The number of hydrogen-bond donors (Lipinski definition) is 1. The molecule has 0 saturated heterocycles. The van der Waals surface area contributed by atoms with Gasteiger partial charge in [0.15, 0.2) is 0 Å². The second-order valence-electron chi connectivity index (χ2n) is 4.65. The molecule has 1 aromatic carbocycles. The highest BCUT2D eigenvalue weighted by Crippen LogP contribution is 2.19. The summed E-state index contributed by atoms with van der Waals surface area (Å²) in [6, 6.07) is 8.03. The molecule has 0 aliphatic carbocycles. The first kappa shape index (κ1) is 15.9. The molecule has 1 aromatic heterocycles. The Morgan fingerprint density at radius 3 is 2.71 bits per heavy atom. The molecule has 0 radical (unpaired) electrons. The van der Waals surface area contributed by atoms with Crippen molar-refractivity contribution in [2.75, 3.05) is 0 Å². The number of rotatable bonds is 5. The molecule has 0 aliphatic heterocycles. The Labute approximate surface area is 137 Å². The quantitative estimate of drug-likeness (QED) is 0.793. The van der Waals surface area contributed by atoms with Gasteiger partial charge >= 0.3 is 0 Å². The zero-order valence-corrected chi connectivity index (χ0v) is 14.4. The summed E-state index contributed by atoms with van der Waals surface area (Å²) in [6.45, 7) is 4.00. The van der Waals surface area contributed by atoms with Crippen molar-refractivity contribution in [2.45, 2.75) is 26.3 Å². The van der Waals surface area contributed by atoms with Crippen LogP contribution in [0.1, 0.15) is 35.7 Å². The first-order valence-corrected chi connectivity index (χ1v) is 8.42. The molecule has 3 nitrogen and oxygen atoms in total. The molecule has 0 spiro atoms. The summed E-state index contributed by atoms with van der Waals surface area (Å²) in [4.78, 5) is 16.3. The number of aryl methyl sites for hydroxylation is 1. The van der Waals surface area contributed by atoms with E-state index in [1.54, 1.807) is 17.4 Å². The van der Waals surface area contributed by atoms with Gasteiger partial charge in [-0.05, 0) is 37.1 Å². The lowest BCUT2D eigenvalue weighted by Gasteiger charge is -2.16. The van der Waals surface area contributed by atoms with Gasteiger partial charge in [0.05, 0.1) is 16.7 Å². The van der Waals surface area contributed by atoms with E-state index in [1.165, 1.54) is 6.08 Å². The number of hydrogen-bond acceptors (Lipinski definition) is 3. The van der Waals surface area contributed by atoms with Crippen LogP contribution in [0.3, 0.4) is 0 Å². The maximum atomic E-state index is 12.0. The summed E-state index contributed by atoms with van der Waals surface area (Å²) in [6.07, 6.45) is 4.13. The fraction of sp³-hybridized carbons (Fsp3) is 0.250. The van der Waals surface area contributed by atoms with Crippen molar-refractivity contribution in [1.82, 2.24) is 10.3 Å². The monoisotopic (exact) mass is 364 g/mol. The number of halogens is 1. The Kier molecular flexibility index (Phi) is 5.70. The standard InChI is InChI=1S/C16H17BrN2OS/c1-3-15(12-4-6-13(17)7-5-12)19-16(20)9-8-14-10-21-11(2)18-14/h4-10,15H,3H2,1-2H3,(H,19,20)/b9-8+. The van der Waals surface area contributed by atoms with Crippen molar-refractivity contribution < 1.29 is 4.79 Å². The molecule has 1 amide bonds. The van der Waals surface area contributed by atoms with E-state index in [0.717, 1.165) is 27.2 Å². The lowest BCUT2D eigenvalue weighted by atomic mass is 10.0. The molecule has 0 saturated carbocycles. The van der Waals surface area contributed by atoms with Crippen LogP contribution in [0, 0.1) is 6.92 Å². The van der Waals surface area contributed by atoms with Gasteiger partial charge in [-0.15, -0.1) is 11.3 Å². The van der Waals surface area contributed by atoms with E-state index >= 15 is 0 Å². The Balaban J connectivity index is 1.99. The lowest BCUT2D eigenvalue weighted by Crippen LogP contribution is -2.26. The molecule has 5 heteroatoms. The number of nitrogens with one attached hydrogen (secondary N) is 1. The minimum atomic E-state index is -0.101. The third-order valence-corrected chi connectivity index (χ3v) is 4.36. The van der Waals surface area contributed by atoms with Crippen molar-refractivity contribution >= 4 is 39.2 Å². The summed E-state index contributed by atoms with van der Waals surface area (Å²) >= 11 is 4.99. The van der Waals surface area contributed by atoms with Gasteiger partial charge in [-0.1, -0.05) is 35.0 Å². The molecule has 21 heavy (non-hydrogen) atoms. The molecule has 1 N–H and O–H groups in total.